The number of fused-ring (bicyclic) bond motifs is 1. The van der Waals surface area contributed by atoms with Crippen LogP contribution < -0.4 is 9.64 Å². The van der Waals surface area contributed by atoms with Gasteiger partial charge < -0.3 is 18.9 Å². The summed E-state index contributed by atoms with van der Waals surface area (Å²) in [7, 11) is 3.65. The first kappa shape index (κ1) is 15.1. The third kappa shape index (κ3) is 2.62. The van der Waals surface area contributed by atoms with Crippen LogP contribution >= 0.6 is 0 Å². The van der Waals surface area contributed by atoms with Crippen LogP contribution in [0.1, 0.15) is 16.1 Å². The Morgan fingerprint density at radius 1 is 1.36 bits per heavy atom. The average molecular weight is 303 g/mol. The Morgan fingerprint density at radius 2 is 2.09 bits per heavy atom. The van der Waals surface area contributed by atoms with Crippen LogP contribution in [0.2, 0.25) is 0 Å². The maximum atomic E-state index is 12.8. The highest BCUT2D eigenvalue weighted by atomic mass is 16.5. The van der Waals surface area contributed by atoms with Crippen LogP contribution in [0.25, 0.3) is 10.9 Å². The Bertz CT molecular complexity index is 699. The highest BCUT2D eigenvalue weighted by Crippen LogP contribution is 2.28. The molecule has 0 saturated carbocycles. The van der Waals surface area contributed by atoms with Crippen LogP contribution in [-0.4, -0.2) is 50.3 Å². The molecular formula is C17H23N2O3+. The summed E-state index contributed by atoms with van der Waals surface area (Å²) >= 11 is 0. The second-order valence-corrected chi connectivity index (χ2v) is 5.86. The summed E-state index contributed by atoms with van der Waals surface area (Å²) in [5.74, 6) is 0.985. The quantitative estimate of drug-likeness (QED) is 0.841. The second kappa shape index (κ2) is 6.10. The van der Waals surface area contributed by atoms with Gasteiger partial charge in [-0.2, -0.15) is 0 Å². The molecule has 0 aliphatic carbocycles. The second-order valence-electron chi connectivity index (χ2n) is 5.86. The SMILES string of the molecule is COc1ccc2c(c1)c(C(=O)C[NH+]1CCOCC1)c(C)n2C. The first-order valence-corrected chi connectivity index (χ1v) is 7.69. The number of aromatic nitrogens is 1. The Hall–Kier alpha value is -1.85. The number of ketones is 1. The van der Waals surface area contributed by atoms with Crippen LogP contribution in [0.15, 0.2) is 18.2 Å². The minimum absolute atomic E-state index is 0.202. The number of hydrogen-bond acceptors (Lipinski definition) is 3. The number of Topliss-reactive ketones (excluding diaryl/α,β-unsaturated/α-hetero) is 1. The molecule has 0 amide bonds. The highest BCUT2D eigenvalue weighted by molar-refractivity contribution is 6.10. The summed E-state index contributed by atoms with van der Waals surface area (Å²) in [5.41, 5.74) is 2.91. The minimum atomic E-state index is 0.202. The van der Waals surface area contributed by atoms with Gasteiger partial charge in [0.15, 0.2) is 0 Å². The first-order valence-electron chi connectivity index (χ1n) is 7.69. The van der Waals surface area contributed by atoms with Crippen molar-refractivity contribution in [3.8, 4) is 5.75 Å². The predicted molar refractivity (Wildman–Crippen MR) is 84.9 cm³/mol. The Morgan fingerprint density at radius 3 is 2.77 bits per heavy atom. The molecule has 22 heavy (non-hydrogen) atoms. The summed E-state index contributed by atoms with van der Waals surface area (Å²) in [5, 5.41) is 0.983. The van der Waals surface area contributed by atoms with Crippen LogP contribution in [0.5, 0.6) is 5.75 Å². The van der Waals surface area contributed by atoms with E-state index in [1.165, 1.54) is 4.90 Å². The zero-order valence-corrected chi connectivity index (χ0v) is 13.4. The Kier molecular flexibility index (Phi) is 4.18. The summed E-state index contributed by atoms with van der Waals surface area (Å²) in [6.07, 6.45) is 0. The molecule has 2 aromatic rings. The van der Waals surface area contributed by atoms with Crippen molar-refractivity contribution in [2.75, 3.05) is 40.0 Å². The lowest BCUT2D eigenvalue weighted by Crippen LogP contribution is -3.14. The molecule has 5 nitrogen and oxygen atoms in total. The lowest BCUT2D eigenvalue weighted by molar-refractivity contribution is -0.899. The van der Waals surface area contributed by atoms with Gasteiger partial charge in [-0.15, -0.1) is 0 Å². The van der Waals surface area contributed by atoms with E-state index in [0.717, 1.165) is 54.2 Å². The topological polar surface area (TPSA) is 44.9 Å². The number of carbonyl (C=O) groups is 1. The number of aryl methyl sites for hydroxylation is 1. The number of benzene rings is 1. The molecule has 0 spiro atoms. The fourth-order valence-electron chi connectivity index (χ4n) is 3.18. The molecule has 1 aliphatic rings. The van der Waals surface area contributed by atoms with Crippen molar-refractivity contribution in [2.45, 2.75) is 6.92 Å². The lowest BCUT2D eigenvalue weighted by Gasteiger charge is -2.23. The lowest BCUT2D eigenvalue weighted by atomic mass is 10.1. The summed E-state index contributed by atoms with van der Waals surface area (Å²) in [6, 6.07) is 5.91. The molecule has 1 saturated heterocycles. The van der Waals surface area contributed by atoms with E-state index < -0.39 is 0 Å². The number of methoxy groups -OCH3 is 1. The number of quaternary nitrogens is 1. The fraction of sp³-hybridized carbons (Fsp3) is 0.471. The molecule has 0 unspecified atom stereocenters. The number of hydrogen-bond donors (Lipinski definition) is 1. The number of morpholine rings is 1. The first-order chi connectivity index (χ1) is 10.6. The van der Waals surface area contributed by atoms with Crippen molar-refractivity contribution >= 4 is 16.7 Å². The van der Waals surface area contributed by atoms with Crippen LogP contribution in [-0.2, 0) is 11.8 Å². The molecule has 118 valence electrons. The van der Waals surface area contributed by atoms with E-state index in [-0.39, 0.29) is 5.78 Å². The zero-order chi connectivity index (χ0) is 15.7. The van der Waals surface area contributed by atoms with Crippen LogP contribution in [0.3, 0.4) is 0 Å². The minimum Gasteiger partial charge on any atom is -0.497 e. The van der Waals surface area contributed by atoms with Crippen molar-refractivity contribution in [1.82, 2.24) is 4.57 Å². The van der Waals surface area contributed by atoms with Gasteiger partial charge in [0.25, 0.3) is 0 Å². The number of nitrogens with zero attached hydrogens (tertiary/aromatic N) is 1. The van der Waals surface area contributed by atoms with E-state index in [0.29, 0.717) is 6.54 Å². The number of carbonyl (C=O) groups excluding carboxylic acids is 1. The van der Waals surface area contributed by atoms with E-state index in [9.17, 15) is 4.79 Å². The predicted octanol–water partition coefficient (Wildman–Crippen LogP) is 0.593. The van der Waals surface area contributed by atoms with Crippen molar-refractivity contribution in [3.05, 3.63) is 29.5 Å². The third-order valence-corrected chi connectivity index (χ3v) is 4.59. The van der Waals surface area contributed by atoms with Crippen molar-refractivity contribution in [3.63, 3.8) is 0 Å². The molecule has 1 N–H and O–H groups in total. The van der Waals surface area contributed by atoms with E-state index in [2.05, 4.69) is 4.57 Å². The normalized spacial score (nSPS) is 16.1. The van der Waals surface area contributed by atoms with Gasteiger partial charge >= 0.3 is 0 Å². The Labute approximate surface area is 130 Å². The summed E-state index contributed by atoms with van der Waals surface area (Å²) < 4.78 is 12.8. The third-order valence-electron chi connectivity index (χ3n) is 4.59. The van der Waals surface area contributed by atoms with Crippen molar-refractivity contribution < 1.29 is 19.2 Å². The average Bonchev–Trinajstić information content (AvgIpc) is 2.79. The maximum Gasteiger partial charge on any atom is 0.219 e. The van der Waals surface area contributed by atoms with E-state index >= 15 is 0 Å². The smallest absolute Gasteiger partial charge is 0.219 e. The fourth-order valence-corrected chi connectivity index (χ4v) is 3.18. The van der Waals surface area contributed by atoms with Gasteiger partial charge in [-0.3, -0.25) is 4.79 Å². The van der Waals surface area contributed by atoms with E-state index in [1.807, 2.05) is 32.2 Å². The molecule has 1 aromatic carbocycles. The molecule has 3 rings (SSSR count). The molecule has 1 aliphatic heterocycles. The van der Waals surface area contributed by atoms with Gasteiger partial charge in [-0.05, 0) is 25.1 Å². The molecule has 1 aromatic heterocycles. The standard InChI is InChI=1S/C17H22N2O3/c1-12-17(16(20)11-19-6-8-22-9-7-19)14-10-13(21-3)4-5-15(14)18(12)2/h4-5,10H,6-9,11H2,1-3H3/p+1. The summed E-state index contributed by atoms with van der Waals surface area (Å²) in [6.45, 7) is 5.82. The molecule has 2 heterocycles. The molecule has 5 heteroatoms. The largest absolute Gasteiger partial charge is 0.497 e. The Balaban J connectivity index is 1.97. The summed E-state index contributed by atoms with van der Waals surface area (Å²) in [4.78, 5) is 14.1. The molecule has 0 radical (unpaired) electrons. The zero-order valence-electron chi connectivity index (χ0n) is 13.4. The number of nitrogens with one attached hydrogen (secondary N) is 1. The van der Waals surface area contributed by atoms with Gasteiger partial charge in [0.2, 0.25) is 5.78 Å². The van der Waals surface area contributed by atoms with E-state index in [1.54, 1.807) is 7.11 Å². The number of ether oxygens (including phenoxy) is 2. The van der Waals surface area contributed by atoms with Crippen LogP contribution in [0.4, 0.5) is 0 Å². The molecule has 1 fully saturated rings. The van der Waals surface area contributed by atoms with Gasteiger partial charge in [-0.1, -0.05) is 0 Å². The van der Waals surface area contributed by atoms with Crippen molar-refractivity contribution in [2.24, 2.45) is 7.05 Å². The van der Waals surface area contributed by atoms with Crippen LogP contribution in [0, 0.1) is 6.92 Å². The van der Waals surface area contributed by atoms with Gasteiger partial charge in [-0.25, -0.2) is 0 Å². The molecular weight excluding hydrogens is 280 g/mol. The molecule has 0 atom stereocenters. The molecule has 0 bridgehead atoms. The number of rotatable bonds is 4. The highest BCUT2D eigenvalue weighted by Gasteiger charge is 2.24. The maximum absolute atomic E-state index is 12.8. The van der Waals surface area contributed by atoms with Gasteiger partial charge in [0, 0.05) is 23.6 Å². The van der Waals surface area contributed by atoms with E-state index in [4.69, 9.17) is 9.47 Å². The van der Waals surface area contributed by atoms with Gasteiger partial charge in [0.1, 0.15) is 25.4 Å². The van der Waals surface area contributed by atoms with Gasteiger partial charge in [0.05, 0.1) is 25.9 Å². The van der Waals surface area contributed by atoms with Crippen molar-refractivity contribution in [1.29, 1.82) is 0 Å². The monoisotopic (exact) mass is 303 g/mol.